The molecule has 1 atom stereocenters. The van der Waals surface area contributed by atoms with Gasteiger partial charge in [-0.2, -0.15) is 0 Å². The minimum atomic E-state index is -0.139. The summed E-state index contributed by atoms with van der Waals surface area (Å²) in [6.07, 6.45) is 1.73. The lowest BCUT2D eigenvalue weighted by molar-refractivity contribution is 0.0929. The van der Waals surface area contributed by atoms with E-state index in [-0.39, 0.29) is 11.9 Å². The monoisotopic (exact) mass is 339 g/mol. The molecule has 130 valence electrons. The van der Waals surface area contributed by atoms with Crippen molar-refractivity contribution in [1.29, 1.82) is 0 Å². The average Bonchev–Trinajstić information content (AvgIpc) is 3.08. The molecule has 1 N–H and O–H groups in total. The van der Waals surface area contributed by atoms with Crippen LogP contribution in [0.2, 0.25) is 0 Å². The third-order valence-corrected chi connectivity index (χ3v) is 4.48. The zero-order valence-electron chi connectivity index (χ0n) is 14.2. The molecule has 5 heteroatoms. The van der Waals surface area contributed by atoms with Crippen molar-refractivity contribution in [1.82, 2.24) is 5.32 Å². The highest BCUT2D eigenvalue weighted by Gasteiger charge is 2.21. The van der Waals surface area contributed by atoms with E-state index in [0.29, 0.717) is 30.3 Å². The largest absolute Gasteiger partial charge is 0.493 e. The Balaban J connectivity index is 1.44. The van der Waals surface area contributed by atoms with Gasteiger partial charge >= 0.3 is 0 Å². The van der Waals surface area contributed by atoms with Crippen LogP contribution in [0, 0.1) is 0 Å². The molecule has 25 heavy (non-hydrogen) atoms. The highest BCUT2D eigenvalue weighted by molar-refractivity contribution is 5.98. The van der Waals surface area contributed by atoms with E-state index in [4.69, 9.17) is 14.2 Å². The molecular weight excluding hydrogens is 318 g/mol. The number of rotatable bonds is 4. The highest BCUT2D eigenvalue weighted by atomic mass is 16.6. The van der Waals surface area contributed by atoms with Crippen molar-refractivity contribution in [3.05, 3.63) is 53.1 Å². The molecular formula is C20H21NO4. The summed E-state index contributed by atoms with van der Waals surface area (Å²) in [5.74, 6) is 2.01. The molecule has 2 aliphatic rings. The smallest absolute Gasteiger partial charge is 0.255 e. The number of amides is 1. The average molecular weight is 339 g/mol. The van der Waals surface area contributed by atoms with Crippen LogP contribution in [0.15, 0.2) is 36.4 Å². The van der Waals surface area contributed by atoms with Gasteiger partial charge < -0.3 is 19.5 Å². The second-order valence-corrected chi connectivity index (χ2v) is 6.45. The van der Waals surface area contributed by atoms with Gasteiger partial charge in [-0.3, -0.25) is 4.79 Å². The van der Waals surface area contributed by atoms with Gasteiger partial charge in [0, 0.05) is 12.5 Å². The molecule has 0 aliphatic carbocycles. The van der Waals surface area contributed by atoms with Crippen molar-refractivity contribution in [2.75, 3.05) is 19.8 Å². The van der Waals surface area contributed by atoms with E-state index in [1.807, 2.05) is 25.1 Å². The van der Waals surface area contributed by atoms with E-state index >= 15 is 0 Å². The number of hydrogen-bond acceptors (Lipinski definition) is 4. The summed E-state index contributed by atoms with van der Waals surface area (Å²) < 4.78 is 16.7. The van der Waals surface area contributed by atoms with Crippen LogP contribution >= 0.6 is 0 Å². The molecule has 0 spiro atoms. The Bertz CT molecular complexity index is 802. The van der Waals surface area contributed by atoms with E-state index in [0.717, 1.165) is 25.2 Å². The lowest BCUT2D eigenvalue weighted by Crippen LogP contribution is -2.34. The first-order chi connectivity index (χ1) is 12.2. The Hall–Kier alpha value is -2.69. The SMILES string of the molecule is CC(Cc1ccc2c(c1)CCO2)NC(=O)c1cccc2c1OCCO2. The second kappa shape index (κ2) is 6.67. The van der Waals surface area contributed by atoms with Crippen LogP contribution in [0.5, 0.6) is 17.2 Å². The molecule has 4 rings (SSSR count). The van der Waals surface area contributed by atoms with E-state index < -0.39 is 0 Å². The van der Waals surface area contributed by atoms with Crippen molar-refractivity contribution < 1.29 is 19.0 Å². The molecule has 0 radical (unpaired) electrons. The normalized spacial score (nSPS) is 15.9. The molecule has 1 amide bonds. The van der Waals surface area contributed by atoms with Crippen LogP contribution in [0.25, 0.3) is 0 Å². The van der Waals surface area contributed by atoms with Gasteiger partial charge in [0.2, 0.25) is 0 Å². The first-order valence-corrected chi connectivity index (χ1v) is 8.65. The number of ether oxygens (including phenoxy) is 3. The van der Waals surface area contributed by atoms with Gasteiger partial charge in [-0.05, 0) is 42.7 Å². The van der Waals surface area contributed by atoms with E-state index in [1.54, 1.807) is 6.07 Å². The molecule has 1 unspecified atom stereocenters. The number of para-hydroxylation sites is 1. The van der Waals surface area contributed by atoms with Crippen LogP contribution in [0.4, 0.5) is 0 Å². The summed E-state index contributed by atoms with van der Waals surface area (Å²) >= 11 is 0. The van der Waals surface area contributed by atoms with E-state index in [1.165, 1.54) is 11.1 Å². The van der Waals surface area contributed by atoms with Gasteiger partial charge in [0.1, 0.15) is 19.0 Å². The Kier molecular flexibility index (Phi) is 4.22. The molecule has 0 aromatic heterocycles. The molecule has 2 heterocycles. The van der Waals surface area contributed by atoms with Gasteiger partial charge in [0.25, 0.3) is 5.91 Å². The summed E-state index contributed by atoms with van der Waals surface area (Å²) in [4.78, 5) is 12.6. The Morgan fingerprint density at radius 3 is 2.84 bits per heavy atom. The predicted octanol–water partition coefficient (Wildman–Crippen LogP) is 2.75. The molecule has 2 aromatic carbocycles. The van der Waals surface area contributed by atoms with Gasteiger partial charge in [0.05, 0.1) is 12.2 Å². The van der Waals surface area contributed by atoms with Crippen LogP contribution in [-0.4, -0.2) is 31.8 Å². The molecule has 0 saturated carbocycles. The fourth-order valence-corrected chi connectivity index (χ4v) is 3.33. The number of fused-ring (bicyclic) bond motifs is 2. The second-order valence-electron chi connectivity index (χ2n) is 6.45. The van der Waals surface area contributed by atoms with E-state index in [9.17, 15) is 4.79 Å². The maximum absolute atomic E-state index is 12.6. The van der Waals surface area contributed by atoms with Crippen LogP contribution in [-0.2, 0) is 12.8 Å². The fourth-order valence-electron chi connectivity index (χ4n) is 3.33. The number of benzene rings is 2. The summed E-state index contributed by atoms with van der Waals surface area (Å²) in [6.45, 7) is 3.74. The number of hydrogen-bond donors (Lipinski definition) is 1. The summed E-state index contributed by atoms with van der Waals surface area (Å²) in [6, 6.07) is 11.7. The van der Waals surface area contributed by atoms with Gasteiger partial charge in [-0.1, -0.05) is 18.2 Å². The summed E-state index contributed by atoms with van der Waals surface area (Å²) in [5.41, 5.74) is 2.97. The summed E-state index contributed by atoms with van der Waals surface area (Å²) in [5, 5.41) is 3.06. The minimum absolute atomic E-state index is 0.00763. The van der Waals surface area contributed by atoms with Crippen molar-refractivity contribution in [3.8, 4) is 17.2 Å². The standard InChI is InChI=1S/C20H21NO4/c1-13(11-14-5-6-17-15(12-14)7-8-23-17)21-20(22)16-3-2-4-18-19(16)25-10-9-24-18/h2-6,12-13H,7-11H2,1H3,(H,21,22). The van der Waals surface area contributed by atoms with Crippen molar-refractivity contribution in [2.24, 2.45) is 0 Å². The molecule has 0 fully saturated rings. The molecule has 0 saturated heterocycles. The Morgan fingerprint density at radius 2 is 1.92 bits per heavy atom. The van der Waals surface area contributed by atoms with Crippen molar-refractivity contribution in [3.63, 3.8) is 0 Å². The quantitative estimate of drug-likeness (QED) is 0.931. The van der Waals surface area contributed by atoms with Crippen LogP contribution < -0.4 is 19.5 Å². The highest BCUT2D eigenvalue weighted by Crippen LogP contribution is 2.33. The lowest BCUT2D eigenvalue weighted by Gasteiger charge is -2.21. The molecule has 2 aliphatic heterocycles. The van der Waals surface area contributed by atoms with Crippen LogP contribution in [0.3, 0.4) is 0 Å². The molecule has 5 nitrogen and oxygen atoms in total. The fraction of sp³-hybridized carbons (Fsp3) is 0.350. The third-order valence-electron chi connectivity index (χ3n) is 4.48. The van der Waals surface area contributed by atoms with E-state index in [2.05, 4.69) is 17.4 Å². The molecule has 0 bridgehead atoms. The van der Waals surface area contributed by atoms with Crippen molar-refractivity contribution in [2.45, 2.75) is 25.8 Å². The first-order valence-electron chi connectivity index (χ1n) is 8.65. The van der Waals surface area contributed by atoms with Gasteiger partial charge in [-0.25, -0.2) is 0 Å². The van der Waals surface area contributed by atoms with Crippen LogP contribution in [0.1, 0.15) is 28.4 Å². The zero-order chi connectivity index (χ0) is 17.2. The lowest BCUT2D eigenvalue weighted by atomic mass is 10.0. The minimum Gasteiger partial charge on any atom is -0.493 e. The first kappa shape index (κ1) is 15.8. The zero-order valence-corrected chi connectivity index (χ0v) is 14.2. The Morgan fingerprint density at radius 1 is 1.08 bits per heavy atom. The summed E-state index contributed by atoms with van der Waals surface area (Å²) in [7, 11) is 0. The maximum Gasteiger partial charge on any atom is 0.255 e. The third kappa shape index (κ3) is 3.27. The topological polar surface area (TPSA) is 56.8 Å². The maximum atomic E-state index is 12.6. The number of nitrogens with one attached hydrogen (secondary N) is 1. The van der Waals surface area contributed by atoms with Gasteiger partial charge in [-0.15, -0.1) is 0 Å². The number of carbonyl (C=O) groups is 1. The van der Waals surface area contributed by atoms with Gasteiger partial charge in [0.15, 0.2) is 11.5 Å². The Labute approximate surface area is 146 Å². The molecule has 2 aromatic rings. The van der Waals surface area contributed by atoms with Crippen molar-refractivity contribution >= 4 is 5.91 Å². The predicted molar refractivity (Wildman–Crippen MR) is 93.7 cm³/mol. The number of carbonyl (C=O) groups excluding carboxylic acids is 1.